The molecule has 1 unspecified atom stereocenters. The third-order valence-corrected chi connectivity index (χ3v) is 5.59. The zero-order valence-electron chi connectivity index (χ0n) is 15.0. The van der Waals surface area contributed by atoms with Crippen LogP contribution in [0.4, 0.5) is 10.5 Å². The first kappa shape index (κ1) is 17.3. The normalized spacial score (nSPS) is 21.4. The summed E-state index contributed by atoms with van der Waals surface area (Å²) >= 11 is 5.92. The number of ether oxygens (including phenoxy) is 2. The molecule has 3 amide bonds. The van der Waals surface area contributed by atoms with Crippen LogP contribution in [0.2, 0.25) is 5.02 Å². The number of fused-ring (bicyclic) bond motifs is 2. The maximum absolute atomic E-state index is 13.0. The van der Waals surface area contributed by atoms with Gasteiger partial charge in [-0.15, -0.1) is 0 Å². The molecule has 2 fully saturated rings. The summed E-state index contributed by atoms with van der Waals surface area (Å²) in [5, 5.41) is 0.565. The zero-order valence-corrected chi connectivity index (χ0v) is 15.8. The van der Waals surface area contributed by atoms with Crippen LogP contribution >= 0.6 is 11.6 Å². The van der Waals surface area contributed by atoms with Gasteiger partial charge in [0.15, 0.2) is 11.5 Å². The number of nitrogens with zero attached hydrogens (tertiary/aromatic N) is 3. The predicted molar refractivity (Wildman–Crippen MR) is 103 cm³/mol. The lowest BCUT2D eigenvalue weighted by atomic mass is 10.1. The molecule has 0 saturated carbocycles. The number of urea groups is 1. The molecule has 2 saturated heterocycles. The highest BCUT2D eigenvalue weighted by Crippen LogP contribution is 2.33. The van der Waals surface area contributed by atoms with Crippen LogP contribution in [0.5, 0.6) is 11.5 Å². The van der Waals surface area contributed by atoms with Gasteiger partial charge in [-0.1, -0.05) is 17.7 Å². The quantitative estimate of drug-likeness (QED) is 0.743. The standard InChI is InChI=1S/C20H18ClN3O4/c21-14-2-4-15(5-3-14)24-19(25)16-11-22(7-8-23(16)20(24)26)10-13-1-6-17-18(9-13)28-12-27-17/h1-6,9,16H,7-8,10-12H2. The molecule has 8 heteroatoms. The minimum Gasteiger partial charge on any atom is -0.454 e. The van der Waals surface area contributed by atoms with Crippen LogP contribution in [0.1, 0.15) is 5.56 Å². The molecule has 1 atom stereocenters. The molecule has 0 N–H and O–H groups in total. The number of imide groups is 1. The Morgan fingerprint density at radius 3 is 2.61 bits per heavy atom. The molecule has 7 nitrogen and oxygen atoms in total. The van der Waals surface area contributed by atoms with Crippen molar-refractivity contribution >= 4 is 29.2 Å². The van der Waals surface area contributed by atoms with Crippen molar-refractivity contribution in [1.29, 1.82) is 0 Å². The average Bonchev–Trinajstić information content (AvgIpc) is 3.26. The van der Waals surface area contributed by atoms with E-state index >= 15 is 0 Å². The third kappa shape index (κ3) is 2.87. The highest BCUT2D eigenvalue weighted by Gasteiger charge is 2.48. The summed E-state index contributed by atoms with van der Waals surface area (Å²) in [6, 6.07) is 11.9. The van der Waals surface area contributed by atoms with Crippen LogP contribution in [0.3, 0.4) is 0 Å². The number of piperazine rings is 1. The Balaban J connectivity index is 1.32. The van der Waals surface area contributed by atoms with Crippen molar-refractivity contribution in [3.8, 4) is 11.5 Å². The second-order valence-electron chi connectivity index (χ2n) is 7.06. The van der Waals surface area contributed by atoms with Crippen molar-refractivity contribution in [2.75, 3.05) is 31.3 Å². The number of hydrogen-bond donors (Lipinski definition) is 0. The molecule has 144 valence electrons. The Morgan fingerprint density at radius 2 is 1.79 bits per heavy atom. The van der Waals surface area contributed by atoms with Gasteiger partial charge in [-0.25, -0.2) is 9.69 Å². The maximum Gasteiger partial charge on any atom is 0.332 e. The first-order valence-corrected chi connectivity index (χ1v) is 9.49. The van der Waals surface area contributed by atoms with Crippen LogP contribution < -0.4 is 14.4 Å². The van der Waals surface area contributed by atoms with Crippen molar-refractivity contribution in [2.45, 2.75) is 12.6 Å². The minimum absolute atomic E-state index is 0.192. The first-order valence-electron chi connectivity index (χ1n) is 9.11. The van der Waals surface area contributed by atoms with Crippen molar-refractivity contribution in [2.24, 2.45) is 0 Å². The fraction of sp³-hybridized carbons (Fsp3) is 0.300. The third-order valence-electron chi connectivity index (χ3n) is 5.33. The summed E-state index contributed by atoms with van der Waals surface area (Å²) in [6.45, 7) is 2.66. The highest BCUT2D eigenvalue weighted by atomic mass is 35.5. The van der Waals surface area contributed by atoms with Crippen LogP contribution in [0.25, 0.3) is 0 Å². The van der Waals surface area contributed by atoms with Crippen LogP contribution in [-0.2, 0) is 11.3 Å². The summed E-state index contributed by atoms with van der Waals surface area (Å²) in [4.78, 5) is 30.8. The van der Waals surface area contributed by atoms with Gasteiger partial charge in [0.1, 0.15) is 6.04 Å². The van der Waals surface area contributed by atoms with E-state index in [1.54, 1.807) is 29.2 Å². The largest absolute Gasteiger partial charge is 0.454 e. The molecular formula is C20H18ClN3O4. The minimum atomic E-state index is -0.467. The predicted octanol–water partition coefficient (Wildman–Crippen LogP) is 2.72. The van der Waals surface area contributed by atoms with Crippen LogP contribution in [0.15, 0.2) is 42.5 Å². The van der Waals surface area contributed by atoms with Crippen molar-refractivity contribution in [3.63, 3.8) is 0 Å². The number of rotatable bonds is 3. The van der Waals surface area contributed by atoms with Gasteiger partial charge in [0.05, 0.1) is 5.69 Å². The lowest BCUT2D eigenvalue weighted by Gasteiger charge is -2.35. The Morgan fingerprint density at radius 1 is 1.00 bits per heavy atom. The van der Waals surface area contributed by atoms with E-state index in [-0.39, 0.29) is 18.7 Å². The number of carbonyl (C=O) groups is 2. The molecule has 3 heterocycles. The van der Waals surface area contributed by atoms with E-state index < -0.39 is 6.04 Å². The van der Waals surface area contributed by atoms with Gasteiger partial charge in [-0.2, -0.15) is 0 Å². The van der Waals surface area contributed by atoms with Gasteiger partial charge in [0.25, 0.3) is 5.91 Å². The summed E-state index contributed by atoms with van der Waals surface area (Å²) < 4.78 is 10.8. The topological polar surface area (TPSA) is 62.3 Å². The van der Waals surface area contributed by atoms with Crippen molar-refractivity contribution in [3.05, 3.63) is 53.1 Å². The lowest BCUT2D eigenvalue weighted by Crippen LogP contribution is -2.52. The molecule has 2 aromatic carbocycles. The van der Waals surface area contributed by atoms with E-state index in [0.29, 0.717) is 36.9 Å². The molecule has 5 rings (SSSR count). The van der Waals surface area contributed by atoms with E-state index in [0.717, 1.165) is 17.1 Å². The fourth-order valence-electron chi connectivity index (χ4n) is 3.92. The monoisotopic (exact) mass is 399 g/mol. The van der Waals surface area contributed by atoms with Crippen LogP contribution in [-0.4, -0.2) is 54.2 Å². The number of halogens is 1. The lowest BCUT2D eigenvalue weighted by molar-refractivity contribution is -0.121. The molecule has 0 aromatic heterocycles. The molecule has 28 heavy (non-hydrogen) atoms. The molecular weight excluding hydrogens is 382 g/mol. The number of hydrogen-bond acceptors (Lipinski definition) is 5. The molecule has 0 spiro atoms. The number of anilines is 1. The van der Waals surface area contributed by atoms with Gasteiger partial charge in [-0.3, -0.25) is 9.69 Å². The summed E-state index contributed by atoms with van der Waals surface area (Å²) in [5.74, 6) is 1.31. The Hall–Kier alpha value is -2.77. The smallest absolute Gasteiger partial charge is 0.332 e. The highest BCUT2D eigenvalue weighted by molar-refractivity contribution is 6.30. The summed E-state index contributed by atoms with van der Waals surface area (Å²) in [5.41, 5.74) is 1.64. The Bertz CT molecular complexity index is 949. The zero-order chi connectivity index (χ0) is 19.3. The van der Waals surface area contributed by atoms with Gasteiger partial charge >= 0.3 is 6.03 Å². The van der Waals surface area contributed by atoms with E-state index in [1.807, 2.05) is 18.2 Å². The average molecular weight is 400 g/mol. The fourth-order valence-corrected chi connectivity index (χ4v) is 4.05. The summed E-state index contributed by atoms with van der Waals surface area (Å²) in [7, 11) is 0. The van der Waals surface area contributed by atoms with E-state index in [9.17, 15) is 9.59 Å². The second kappa shape index (κ2) is 6.68. The van der Waals surface area contributed by atoms with E-state index in [1.165, 1.54) is 4.90 Å². The van der Waals surface area contributed by atoms with E-state index in [4.69, 9.17) is 21.1 Å². The van der Waals surface area contributed by atoms with Crippen molar-refractivity contribution < 1.29 is 19.1 Å². The number of amides is 3. The number of carbonyl (C=O) groups excluding carboxylic acids is 2. The molecule has 2 aromatic rings. The summed E-state index contributed by atoms with van der Waals surface area (Å²) in [6.07, 6.45) is 0. The molecule has 3 aliphatic rings. The molecule has 0 radical (unpaired) electrons. The van der Waals surface area contributed by atoms with E-state index in [2.05, 4.69) is 4.90 Å². The Kier molecular flexibility index (Phi) is 4.14. The molecule has 0 bridgehead atoms. The SMILES string of the molecule is O=C1C2CN(Cc3ccc4c(c3)OCO4)CCN2C(=O)N1c1ccc(Cl)cc1. The first-order chi connectivity index (χ1) is 13.6. The van der Waals surface area contributed by atoms with Gasteiger partial charge in [0, 0.05) is 31.2 Å². The number of benzene rings is 2. The van der Waals surface area contributed by atoms with Gasteiger partial charge in [0.2, 0.25) is 6.79 Å². The molecule has 0 aliphatic carbocycles. The second-order valence-corrected chi connectivity index (χ2v) is 7.50. The van der Waals surface area contributed by atoms with Crippen LogP contribution in [0, 0.1) is 0 Å². The van der Waals surface area contributed by atoms with Gasteiger partial charge in [-0.05, 0) is 42.0 Å². The Labute approximate surface area is 167 Å². The van der Waals surface area contributed by atoms with Gasteiger partial charge < -0.3 is 14.4 Å². The maximum atomic E-state index is 13.0. The molecule has 3 aliphatic heterocycles. The van der Waals surface area contributed by atoms with Crippen molar-refractivity contribution in [1.82, 2.24) is 9.80 Å².